The average Bonchev–Trinajstić information content (AvgIpc) is 2.96. The van der Waals surface area contributed by atoms with Gasteiger partial charge in [-0.3, -0.25) is 4.79 Å². The predicted molar refractivity (Wildman–Crippen MR) is 105 cm³/mol. The molecule has 0 radical (unpaired) electrons. The molecule has 0 spiro atoms. The SMILES string of the molecule is CC(C)Cn1nc(NC(=O)C2CCCCC2)c2cc3ccccc3nc21. The molecule has 5 heteroatoms. The zero-order valence-electron chi connectivity index (χ0n) is 15.5. The van der Waals surface area contributed by atoms with Crippen LogP contribution in [0.1, 0.15) is 46.0 Å². The summed E-state index contributed by atoms with van der Waals surface area (Å²) in [6.07, 6.45) is 5.50. The zero-order chi connectivity index (χ0) is 18.1. The molecule has 1 amide bonds. The lowest BCUT2D eigenvalue weighted by molar-refractivity contribution is -0.120. The van der Waals surface area contributed by atoms with E-state index in [0.717, 1.165) is 54.2 Å². The topological polar surface area (TPSA) is 59.8 Å². The van der Waals surface area contributed by atoms with Crippen molar-refractivity contribution >= 4 is 33.7 Å². The first-order chi connectivity index (χ1) is 12.6. The molecule has 1 N–H and O–H groups in total. The summed E-state index contributed by atoms with van der Waals surface area (Å²) in [7, 11) is 0. The van der Waals surface area contributed by atoms with E-state index in [9.17, 15) is 4.79 Å². The lowest BCUT2D eigenvalue weighted by Crippen LogP contribution is -2.25. The molecule has 5 nitrogen and oxygen atoms in total. The number of aromatic nitrogens is 3. The van der Waals surface area contributed by atoms with Gasteiger partial charge in [-0.05, 0) is 30.9 Å². The number of para-hydroxylation sites is 1. The van der Waals surface area contributed by atoms with Crippen LogP contribution in [0.15, 0.2) is 30.3 Å². The Morgan fingerprint density at radius 2 is 2.00 bits per heavy atom. The van der Waals surface area contributed by atoms with Crippen LogP contribution in [0.4, 0.5) is 5.82 Å². The van der Waals surface area contributed by atoms with Crippen molar-refractivity contribution in [1.29, 1.82) is 0 Å². The van der Waals surface area contributed by atoms with Gasteiger partial charge in [0.2, 0.25) is 5.91 Å². The molecule has 1 aliphatic rings. The summed E-state index contributed by atoms with van der Waals surface area (Å²) in [4.78, 5) is 17.5. The van der Waals surface area contributed by atoms with Crippen LogP contribution in [-0.2, 0) is 11.3 Å². The highest BCUT2D eigenvalue weighted by Gasteiger charge is 2.23. The first-order valence-electron chi connectivity index (χ1n) is 9.69. The third-order valence-corrected chi connectivity index (χ3v) is 5.18. The first-order valence-corrected chi connectivity index (χ1v) is 9.69. The van der Waals surface area contributed by atoms with E-state index in [4.69, 9.17) is 10.1 Å². The fourth-order valence-electron chi connectivity index (χ4n) is 3.85. The molecule has 0 unspecified atom stereocenters. The standard InChI is InChI=1S/C21H26N4O/c1-14(2)13-25-20-17(12-16-10-6-7-11-18(16)22-20)19(24-25)23-21(26)15-8-4-3-5-9-15/h6-7,10-12,14-15H,3-5,8-9,13H2,1-2H3,(H,23,24,26). The third kappa shape index (κ3) is 3.30. The number of amides is 1. The number of benzene rings is 1. The summed E-state index contributed by atoms with van der Waals surface area (Å²) in [5.41, 5.74) is 1.80. The quantitative estimate of drug-likeness (QED) is 0.738. The van der Waals surface area contributed by atoms with E-state index in [1.165, 1.54) is 6.42 Å². The smallest absolute Gasteiger partial charge is 0.228 e. The van der Waals surface area contributed by atoms with Crippen molar-refractivity contribution in [3.8, 4) is 0 Å². The Morgan fingerprint density at radius 1 is 1.23 bits per heavy atom. The second kappa shape index (κ2) is 7.06. The highest BCUT2D eigenvalue weighted by molar-refractivity contribution is 6.03. The van der Waals surface area contributed by atoms with Crippen LogP contribution >= 0.6 is 0 Å². The van der Waals surface area contributed by atoms with Crippen molar-refractivity contribution in [1.82, 2.24) is 14.8 Å². The van der Waals surface area contributed by atoms with E-state index in [1.807, 2.05) is 28.9 Å². The minimum absolute atomic E-state index is 0.106. The summed E-state index contributed by atoms with van der Waals surface area (Å²) in [5, 5.41) is 9.80. The maximum Gasteiger partial charge on any atom is 0.228 e. The highest BCUT2D eigenvalue weighted by Crippen LogP contribution is 2.29. The molecule has 0 aliphatic heterocycles. The van der Waals surface area contributed by atoms with Gasteiger partial charge >= 0.3 is 0 Å². The minimum atomic E-state index is 0.106. The van der Waals surface area contributed by atoms with Crippen molar-refractivity contribution in [3.05, 3.63) is 30.3 Å². The Balaban J connectivity index is 1.74. The van der Waals surface area contributed by atoms with Crippen LogP contribution in [0, 0.1) is 11.8 Å². The van der Waals surface area contributed by atoms with Gasteiger partial charge in [0.05, 0.1) is 10.9 Å². The monoisotopic (exact) mass is 350 g/mol. The van der Waals surface area contributed by atoms with Crippen molar-refractivity contribution in [2.45, 2.75) is 52.5 Å². The van der Waals surface area contributed by atoms with Crippen LogP contribution in [0.5, 0.6) is 0 Å². The van der Waals surface area contributed by atoms with Crippen molar-refractivity contribution in [2.24, 2.45) is 11.8 Å². The summed E-state index contributed by atoms with van der Waals surface area (Å²) in [6.45, 7) is 5.10. The molecular formula is C21H26N4O. The second-order valence-corrected chi connectivity index (χ2v) is 7.80. The van der Waals surface area contributed by atoms with Gasteiger partial charge < -0.3 is 5.32 Å². The number of hydrogen-bond donors (Lipinski definition) is 1. The first kappa shape index (κ1) is 17.0. The molecule has 1 aromatic carbocycles. The molecule has 3 aromatic rings. The molecule has 0 bridgehead atoms. The van der Waals surface area contributed by atoms with E-state index >= 15 is 0 Å². The van der Waals surface area contributed by atoms with Crippen LogP contribution in [-0.4, -0.2) is 20.7 Å². The van der Waals surface area contributed by atoms with Gasteiger partial charge in [0.25, 0.3) is 0 Å². The molecule has 2 heterocycles. The molecular weight excluding hydrogens is 324 g/mol. The number of carbonyl (C=O) groups excluding carboxylic acids is 1. The molecule has 2 aromatic heterocycles. The summed E-state index contributed by atoms with van der Waals surface area (Å²) in [6, 6.07) is 10.2. The van der Waals surface area contributed by atoms with Gasteiger partial charge in [-0.25, -0.2) is 9.67 Å². The van der Waals surface area contributed by atoms with Crippen LogP contribution in [0.25, 0.3) is 21.9 Å². The minimum Gasteiger partial charge on any atom is -0.308 e. The zero-order valence-corrected chi connectivity index (χ0v) is 15.5. The Kier molecular flexibility index (Phi) is 4.62. The highest BCUT2D eigenvalue weighted by atomic mass is 16.2. The second-order valence-electron chi connectivity index (χ2n) is 7.80. The van der Waals surface area contributed by atoms with E-state index in [2.05, 4.69) is 25.2 Å². The number of nitrogens with zero attached hydrogens (tertiary/aromatic N) is 3. The molecule has 1 saturated carbocycles. The summed E-state index contributed by atoms with van der Waals surface area (Å²) < 4.78 is 1.93. The largest absolute Gasteiger partial charge is 0.308 e. The number of fused-ring (bicyclic) bond motifs is 2. The van der Waals surface area contributed by atoms with Crippen molar-refractivity contribution in [2.75, 3.05) is 5.32 Å². The van der Waals surface area contributed by atoms with E-state index in [-0.39, 0.29) is 11.8 Å². The van der Waals surface area contributed by atoms with E-state index < -0.39 is 0 Å². The summed E-state index contributed by atoms with van der Waals surface area (Å²) in [5.74, 6) is 1.32. The fourth-order valence-corrected chi connectivity index (χ4v) is 3.85. The number of rotatable bonds is 4. The number of pyridine rings is 1. The van der Waals surface area contributed by atoms with Crippen LogP contribution < -0.4 is 5.32 Å². The third-order valence-electron chi connectivity index (χ3n) is 5.18. The van der Waals surface area contributed by atoms with Gasteiger partial charge in [-0.15, -0.1) is 0 Å². The van der Waals surface area contributed by atoms with Crippen molar-refractivity contribution in [3.63, 3.8) is 0 Å². The maximum absolute atomic E-state index is 12.7. The Labute approximate surface area is 153 Å². The Hall–Kier alpha value is -2.43. The van der Waals surface area contributed by atoms with Gasteiger partial charge in [0.15, 0.2) is 11.5 Å². The average molecular weight is 350 g/mol. The maximum atomic E-state index is 12.7. The molecule has 4 rings (SSSR count). The summed E-state index contributed by atoms with van der Waals surface area (Å²) >= 11 is 0. The molecule has 136 valence electrons. The van der Waals surface area contributed by atoms with Crippen LogP contribution in [0.2, 0.25) is 0 Å². The lowest BCUT2D eigenvalue weighted by atomic mass is 9.89. The lowest BCUT2D eigenvalue weighted by Gasteiger charge is -2.20. The van der Waals surface area contributed by atoms with E-state index in [1.54, 1.807) is 0 Å². The van der Waals surface area contributed by atoms with Crippen LogP contribution in [0.3, 0.4) is 0 Å². The van der Waals surface area contributed by atoms with E-state index in [0.29, 0.717) is 11.7 Å². The number of anilines is 1. The van der Waals surface area contributed by atoms with Gasteiger partial charge in [0, 0.05) is 17.8 Å². The predicted octanol–water partition coefficient (Wildman–Crippen LogP) is 4.76. The molecule has 1 aliphatic carbocycles. The molecule has 0 saturated heterocycles. The van der Waals surface area contributed by atoms with Gasteiger partial charge in [-0.1, -0.05) is 51.3 Å². The fraction of sp³-hybridized carbons (Fsp3) is 0.476. The number of nitrogens with one attached hydrogen (secondary N) is 1. The van der Waals surface area contributed by atoms with Gasteiger partial charge in [-0.2, -0.15) is 5.10 Å². The van der Waals surface area contributed by atoms with Gasteiger partial charge in [0.1, 0.15) is 0 Å². The number of carbonyl (C=O) groups is 1. The molecule has 26 heavy (non-hydrogen) atoms. The number of hydrogen-bond acceptors (Lipinski definition) is 3. The van der Waals surface area contributed by atoms with Crippen molar-refractivity contribution < 1.29 is 4.79 Å². The molecule has 1 fully saturated rings. The Morgan fingerprint density at radius 3 is 2.77 bits per heavy atom. The normalized spacial score (nSPS) is 15.8. The molecule has 0 atom stereocenters. The Bertz CT molecular complexity index is 938.